The van der Waals surface area contributed by atoms with E-state index >= 15 is 0 Å². The van der Waals surface area contributed by atoms with Crippen molar-refractivity contribution >= 4 is 27.5 Å². The molecule has 0 radical (unpaired) electrons. The number of hydrogen-bond acceptors (Lipinski definition) is 4. The van der Waals surface area contributed by atoms with E-state index in [0.717, 1.165) is 34.4 Å². The Morgan fingerprint density at radius 1 is 1.03 bits per heavy atom. The van der Waals surface area contributed by atoms with Crippen LogP contribution in [0.4, 0.5) is 5.69 Å². The van der Waals surface area contributed by atoms with Crippen molar-refractivity contribution in [3.63, 3.8) is 0 Å². The van der Waals surface area contributed by atoms with E-state index in [1.165, 1.54) is 32.1 Å². The van der Waals surface area contributed by atoms with Gasteiger partial charge in [0.15, 0.2) is 18.1 Å². The van der Waals surface area contributed by atoms with Gasteiger partial charge in [0, 0.05) is 16.7 Å². The van der Waals surface area contributed by atoms with Crippen molar-refractivity contribution < 1.29 is 14.3 Å². The molecule has 2 rings (SSSR count). The summed E-state index contributed by atoms with van der Waals surface area (Å²) in [5, 5.41) is 6.31. The molecule has 2 N–H and O–H groups in total. The van der Waals surface area contributed by atoms with Crippen molar-refractivity contribution in [3.8, 4) is 11.5 Å². The standard InChI is InChI=1S/C24H33BrN2O3/c1-4-5-6-7-8-13-26-16-19-14-22(29-3)23(15-21(19)25)30-17-24(28)27-20-11-9-18(2)10-12-20/h9-12,14-15,26H,4-8,13,16-17H2,1-3H3,(H,27,28). The maximum Gasteiger partial charge on any atom is 0.262 e. The molecule has 0 aliphatic heterocycles. The van der Waals surface area contributed by atoms with E-state index in [4.69, 9.17) is 9.47 Å². The molecule has 30 heavy (non-hydrogen) atoms. The maximum absolute atomic E-state index is 12.2. The van der Waals surface area contributed by atoms with Crippen LogP contribution >= 0.6 is 15.9 Å². The molecule has 5 nitrogen and oxygen atoms in total. The van der Waals surface area contributed by atoms with Crippen LogP contribution in [0.3, 0.4) is 0 Å². The number of anilines is 1. The summed E-state index contributed by atoms with van der Waals surface area (Å²) in [6.07, 6.45) is 6.34. The van der Waals surface area contributed by atoms with Gasteiger partial charge in [-0.05, 0) is 49.7 Å². The zero-order valence-electron chi connectivity index (χ0n) is 18.2. The largest absolute Gasteiger partial charge is 0.493 e. The van der Waals surface area contributed by atoms with Crippen molar-refractivity contribution in [2.24, 2.45) is 0 Å². The highest BCUT2D eigenvalue weighted by molar-refractivity contribution is 9.10. The SMILES string of the molecule is CCCCCCCNCc1cc(OC)c(OCC(=O)Nc2ccc(C)cc2)cc1Br. The van der Waals surface area contributed by atoms with E-state index in [-0.39, 0.29) is 12.5 Å². The van der Waals surface area contributed by atoms with Crippen molar-refractivity contribution in [1.82, 2.24) is 5.32 Å². The fraction of sp³-hybridized carbons (Fsp3) is 0.458. The van der Waals surface area contributed by atoms with Gasteiger partial charge >= 0.3 is 0 Å². The molecule has 0 saturated heterocycles. The number of carbonyl (C=O) groups is 1. The molecule has 0 aromatic heterocycles. The van der Waals surface area contributed by atoms with Crippen molar-refractivity contribution in [1.29, 1.82) is 0 Å². The molecular formula is C24H33BrN2O3. The Bertz CT molecular complexity index is 794. The smallest absolute Gasteiger partial charge is 0.262 e. The minimum atomic E-state index is -0.217. The molecule has 0 saturated carbocycles. The summed E-state index contributed by atoms with van der Waals surface area (Å²) in [5.74, 6) is 0.929. The first-order valence-electron chi connectivity index (χ1n) is 10.6. The number of halogens is 1. The predicted octanol–water partition coefficient (Wildman–Crippen LogP) is 5.84. The number of rotatable bonds is 13. The number of amides is 1. The Morgan fingerprint density at radius 3 is 2.47 bits per heavy atom. The van der Waals surface area contributed by atoms with Crippen LogP contribution in [0.5, 0.6) is 11.5 Å². The number of benzene rings is 2. The average molecular weight is 477 g/mol. The first-order valence-corrected chi connectivity index (χ1v) is 11.4. The first kappa shape index (κ1) is 24.2. The highest BCUT2D eigenvalue weighted by Gasteiger charge is 2.12. The Hall–Kier alpha value is -2.05. The van der Waals surface area contributed by atoms with Gasteiger partial charge < -0.3 is 20.1 Å². The van der Waals surface area contributed by atoms with Crippen LogP contribution in [0.1, 0.15) is 50.2 Å². The molecule has 0 aliphatic rings. The molecule has 164 valence electrons. The van der Waals surface area contributed by atoms with Crippen molar-refractivity contribution in [2.75, 3.05) is 25.6 Å². The fourth-order valence-corrected chi connectivity index (χ4v) is 3.50. The summed E-state index contributed by atoms with van der Waals surface area (Å²) >= 11 is 3.61. The number of nitrogens with one attached hydrogen (secondary N) is 2. The molecule has 0 aliphatic carbocycles. The fourth-order valence-electron chi connectivity index (χ4n) is 3.04. The van der Waals surface area contributed by atoms with E-state index in [2.05, 4.69) is 33.5 Å². The molecular weight excluding hydrogens is 444 g/mol. The molecule has 2 aromatic carbocycles. The van der Waals surface area contributed by atoms with Gasteiger partial charge in [0.05, 0.1) is 7.11 Å². The Balaban J connectivity index is 1.85. The van der Waals surface area contributed by atoms with E-state index < -0.39 is 0 Å². The molecule has 0 fully saturated rings. The number of unbranched alkanes of at least 4 members (excludes halogenated alkanes) is 4. The van der Waals surface area contributed by atoms with Gasteiger partial charge in [0.25, 0.3) is 5.91 Å². The topological polar surface area (TPSA) is 59.6 Å². The van der Waals surface area contributed by atoms with Gasteiger partial charge in [-0.1, -0.05) is 66.2 Å². The Morgan fingerprint density at radius 2 is 1.77 bits per heavy atom. The molecule has 1 amide bonds. The van der Waals surface area contributed by atoms with Gasteiger partial charge in [-0.2, -0.15) is 0 Å². The zero-order chi connectivity index (χ0) is 21.8. The molecule has 0 bridgehead atoms. The summed E-state index contributed by atoms with van der Waals surface area (Å²) in [6, 6.07) is 11.5. The molecule has 6 heteroatoms. The normalized spacial score (nSPS) is 10.7. The maximum atomic E-state index is 12.2. The third-order valence-corrected chi connectivity index (χ3v) is 5.54. The molecule has 0 atom stereocenters. The van der Waals surface area contributed by atoms with Gasteiger partial charge in [0.1, 0.15) is 0 Å². The zero-order valence-corrected chi connectivity index (χ0v) is 19.8. The Labute approximate surface area is 188 Å². The molecule has 0 spiro atoms. The lowest BCUT2D eigenvalue weighted by Gasteiger charge is -2.14. The first-order chi connectivity index (χ1) is 14.5. The minimum absolute atomic E-state index is 0.0912. The number of ether oxygens (including phenoxy) is 2. The summed E-state index contributed by atoms with van der Waals surface area (Å²) < 4.78 is 12.1. The van der Waals surface area contributed by atoms with Crippen molar-refractivity contribution in [2.45, 2.75) is 52.5 Å². The van der Waals surface area contributed by atoms with E-state index in [1.54, 1.807) is 7.11 Å². The Kier molecular flexibility index (Phi) is 10.7. The summed E-state index contributed by atoms with van der Waals surface area (Å²) in [6.45, 7) is 5.89. The highest BCUT2D eigenvalue weighted by Crippen LogP contribution is 2.33. The monoisotopic (exact) mass is 476 g/mol. The van der Waals surface area contributed by atoms with Crippen LogP contribution in [-0.4, -0.2) is 26.2 Å². The lowest BCUT2D eigenvalue weighted by molar-refractivity contribution is -0.118. The van der Waals surface area contributed by atoms with Crippen LogP contribution < -0.4 is 20.1 Å². The number of methoxy groups -OCH3 is 1. The van der Waals surface area contributed by atoms with E-state index in [9.17, 15) is 4.79 Å². The lowest BCUT2D eigenvalue weighted by atomic mass is 10.1. The van der Waals surface area contributed by atoms with Crippen LogP contribution in [0, 0.1) is 6.92 Å². The van der Waals surface area contributed by atoms with E-state index in [1.807, 2.05) is 43.3 Å². The summed E-state index contributed by atoms with van der Waals surface area (Å²) in [5.41, 5.74) is 2.99. The average Bonchev–Trinajstić information content (AvgIpc) is 2.74. The van der Waals surface area contributed by atoms with Gasteiger partial charge in [-0.25, -0.2) is 0 Å². The summed E-state index contributed by atoms with van der Waals surface area (Å²) in [7, 11) is 1.60. The van der Waals surface area contributed by atoms with Gasteiger partial charge in [-0.15, -0.1) is 0 Å². The second kappa shape index (κ2) is 13.3. The van der Waals surface area contributed by atoms with Crippen LogP contribution in [0.15, 0.2) is 40.9 Å². The number of hydrogen-bond donors (Lipinski definition) is 2. The second-order valence-corrected chi connectivity index (χ2v) is 8.24. The van der Waals surface area contributed by atoms with Gasteiger partial charge in [-0.3, -0.25) is 4.79 Å². The van der Waals surface area contributed by atoms with Crippen LogP contribution in [0.25, 0.3) is 0 Å². The highest BCUT2D eigenvalue weighted by atomic mass is 79.9. The van der Waals surface area contributed by atoms with Crippen LogP contribution in [0.2, 0.25) is 0 Å². The minimum Gasteiger partial charge on any atom is -0.493 e. The van der Waals surface area contributed by atoms with Crippen molar-refractivity contribution in [3.05, 3.63) is 52.0 Å². The second-order valence-electron chi connectivity index (χ2n) is 7.39. The van der Waals surface area contributed by atoms with E-state index in [0.29, 0.717) is 11.5 Å². The third-order valence-electron chi connectivity index (χ3n) is 4.80. The lowest BCUT2D eigenvalue weighted by Crippen LogP contribution is -2.20. The quantitative estimate of drug-likeness (QED) is 0.356. The molecule has 2 aromatic rings. The number of aryl methyl sites for hydroxylation is 1. The van der Waals surface area contributed by atoms with Crippen LogP contribution in [-0.2, 0) is 11.3 Å². The summed E-state index contributed by atoms with van der Waals surface area (Å²) in [4.78, 5) is 12.2. The molecule has 0 heterocycles. The number of carbonyl (C=O) groups excluding carboxylic acids is 1. The predicted molar refractivity (Wildman–Crippen MR) is 126 cm³/mol. The molecule has 0 unspecified atom stereocenters. The third kappa shape index (κ3) is 8.36. The van der Waals surface area contributed by atoms with Gasteiger partial charge in [0.2, 0.25) is 0 Å².